The Morgan fingerprint density at radius 3 is 1.82 bits per heavy atom. The van der Waals surface area contributed by atoms with Crippen LogP contribution in [0.5, 0.6) is 0 Å². The minimum Gasteiger partial charge on any atom is -0.166 e. The quantitative estimate of drug-likeness (QED) is 0.566. The van der Waals surface area contributed by atoms with Gasteiger partial charge in [0.05, 0.1) is 5.57 Å². The second kappa shape index (κ2) is 8.85. The van der Waals surface area contributed by atoms with Gasteiger partial charge in [-0.3, -0.25) is 0 Å². The van der Waals surface area contributed by atoms with E-state index in [2.05, 4.69) is 13.2 Å². The summed E-state index contributed by atoms with van der Waals surface area (Å²) in [6.07, 6.45) is -0.174. The van der Waals surface area contributed by atoms with Crippen molar-refractivity contribution in [2.75, 3.05) is 0 Å². The van der Waals surface area contributed by atoms with Gasteiger partial charge < -0.3 is 0 Å². The zero-order chi connectivity index (χ0) is 14.1. The van der Waals surface area contributed by atoms with Gasteiger partial charge in [-0.1, -0.05) is 57.7 Å². The minimum absolute atomic E-state index is 0.231. The molecule has 0 nitrogen and oxygen atoms in total. The van der Waals surface area contributed by atoms with E-state index in [1.165, 1.54) is 12.2 Å². The lowest BCUT2D eigenvalue weighted by atomic mass is 10.0. The van der Waals surface area contributed by atoms with Crippen LogP contribution in [0.4, 0.5) is 13.2 Å². The van der Waals surface area contributed by atoms with Gasteiger partial charge in [0, 0.05) is 0 Å². The summed E-state index contributed by atoms with van der Waals surface area (Å²) in [6, 6.07) is 0. The van der Waals surface area contributed by atoms with Crippen LogP contribution in [0.2, 0.25) is 0 Å². The fraction of sp³-hybridized carbons (Fsp3) is 0.429. The average Bonchev–Trinajstić information content (AvgIpc) is 2.29. The van der Waals surface area contributed by atoms with Crippen molar-refractivity contribution in [2.45, 2.75) is 40.3 Å². The first-order valence-electron chi connectivity index (χ1n) is 5.60. The normalized spacial score (nSPS) is 13.2. The predicted octanol–water partition coefficient (Wildman–Crippen LogP) is 5.60. The fourth-order valence-electron chi connectivity index (χ4n) is 1.13. The number of allylic oxidation sites excluding steroid dienone is 6. The van der Waals surface area contributed by atoms with Gasteiger partial charge in [-0.15, -0.1) is 0 Å². The molecule has 0 saturated carbocycles. The molecule has 0 rings (SSSR count). The van der Waals surface area contributed by atoms with E-state index in [9.17, 15) is 13.2 Å². The summed E-state index contributed by atoms with van der Waals surface area (Å²) in [5, 5.41) is 0. The third kappa shape index (κ3) is 6.82. The highest BCUT2D eigenvalue weighted by Crippen LogP contribution is 2.31. The summed E-state index contributed by atoms with van der Waals surface area (Å²) in [5.74, 6) is 0. The Morgan fingerprint density at radius 2 is 1.59 bits per heavy atom. The second-order valence-electron chi connectivity index (χ2n) is 3.09. The monoisotopic (exact) mass is 246 g/mol. The van der Waals surface area contributed by atoms with Crippen molar-refractivity contribution in [1.29, 1.82) is 0 Å². The summed E-state index contributed by atoms with van der Waals surface area (Å²) in [7, 11) is 0. The first-order valence-corrected chi connectivity index (χ1v) is 5.60. The molecule has 0 unspecified atom stereocenters. The van der Waals surface area contributed by atoms with Crippen LogP contribution in [0.25, 0.3) is 0 Å². The van der Waals surface area contributed by atoms with Gasteiger partial charge in [-0.05, 0) is 18.9 Å². The Morgan fingerprint density at radius 1 is 1.12 bits per heavy atom. The van der Waals surface area contributed by atoms with Crippen molar-refractivity contribution in [1.82, 2.24) is 0 Å². The molecular weight excluding hydrogens is 225 g/mol. The Kier molecular flexibility index (Phi) is 9.44. The van der Waals surface area contributed by atoms with Crippen molar-refractivity contribution in [3.8, 4) is 0 Å². The van der Waals surface area contributed by atoms with Crippen LogP contribution in [0.1, 0.15) is 34.1 Å². The van der Waals surface area contributed by atoms with Gasteiger partial charge >= 0.3 is 6.18 Å². The van der Waals surface area contributed by atoms with Crippen LogP contribution in [-0.4, -0.2) is 6.18 Å². The van der Waals surface area contributed by atoms with Gasteiger partial charge in [-0.2, -0.15) is 13.2 Å². The van der Waals surface area contributed by atoms with Crippen molar-refractivity contribution in [3.05, 3.63) is 48.1 Å². The first-order chi connectivity index (χ1) is 7.86. The molecule has 3 heteroatoms. The molecule has 0 aromatic rings. The highest BCUT2D eigenvalue weighted by Gasteiger charge is 2.33. The van der Waals surface area contributed by atoms with Crippen LogP contribution < -0.4 is 0 Å². The molecule has 0 spiro atoms. The Hall–Kier alpha value is -1.25. The molecule has 0 heterocycles. The summed E-state index contributed by atoms with van der Waals surface area (Å²) < 4.78 is 37.6. The molecule has 0 aliphatic carbocycles. The molecule has 98 valence electrons. The Balaban J connectivity index is 0. The first kappa shape index (κ1) is 18.1. The Bertz CT molecular complexity index is 304. The maximum atomic E-state index is 12.5. The van der Waals surface area contributed by atoms with E-state index in [4.69, 9.17) is 0 Å². The minimum atomic E-state index is -4.34. The third-order valence-corrected chi connectivity index (χ3v) is 1.96. The van der Waals surface area contributed by atoms with Crippen LogP contribution >= 0.6 is 0 Å². The molecule has 17 heavy (non-hydrogen) atoms. The average molecular weight is 246 g/mol. The maximum absolute atomic E-state index is 12.5. The lowest BCUT2D eigenvalue weighted by Gasteiger charge is -2.11. The highest BCUT2D eigenvalue weighted by atomic mass is 19.4. The third-order valence-electron chi connectivity index (χ3n) is 1.96. The van der Waals surface area contributed by atoms with Gasteiger partial charge in [-0.25, -0.2) is 0 Å². The fourth-order valence-corrected chi connectivity index (χ4v) is 1.13. The highest BCUT2D eigenvalue weighted by molar-refractivity contribution is 5.38. The summed E-state index contributed by atoms with van der Waals surface area (Å²) in [5.41, 5.74) is 0.261. The van der Waals surface area contributed by atoms with E-state index in [0.717, 1.165) is 6.08 Å². The topological polar surface area (TPSA) is 0 Å². The molecule has 0 aromatic heterocycles. The van der Waals surface area contributed by atoms with E-state index >= 15 is 0 Å². The van der Waals surface area contributed by atoms with E-state index in [1.54, 1.807) is 13.8 Å². The molecule has 0 radical (unpaired) electrons. The second-order valence-corrected chi connectivity index (χ2v) is 3.09. The molecule has 0 fully saturated rings. The largest absolute Gasteiger partial charge is 0.416 e. The lowest BCUT2D eigenvalue weighted by Crippen LogP contribution is -2.12. The molecule has 0 aliphatic heterocycles. The maximum Gasteiger partial charge on any atom is 0.416 e. The smallest absolute Gasteiger partial charge is 0.166 e. The zero-order valence-electron chi connectivity index (χ0n) is 11.0. The van der Waals surface area contributed by atoms with E-state index in [1.807, 2.05) is 13.8 Å². The lowest BCUT2D eigenvalue weighted by molar-refractivity contribution is -0.0888. The van der Waals surface area contributed by atoms with Gasteiger partial charge in [0.1, 0.15) is 0 Å². The van der Waals surface area contributed by atoms with E-state index < -0.39 is 11.7 Å². The number of hydrogen-bond acceptors (Lipinski definition) is 0. The molecule has 0 bridgehead atoms. The van der Waals surface area contributed by atoms with Gasteiger partial charge in [0.15, 0.2) is 0 Å². The van der Waals surface area contributed by atoms with E-state index in [0.29, 0.717) is 12.0 Å². The molecule has 0 amide bonds. The molecule has 0 N–H and O–H groups in total. The van der Waals surface area contributed by atoms with Crippen LogP contribution in [0.3, 0.4) is 0 Å². The van der Waals surface area contributed by atoms with Crippen molar-refractivity contribution >= 4 is 0 Å². The Labute approximate surface area is 102 Å². The van der Waals surface area contributed by atoms with Crippen molar-refractivity contribution < 1.29 is 13.2 Å². The number of rotatable bonds is 4. The van der Waals surface area contributed by atoms with Crippen molar-refractivity contribution in [2.24, 2.45) is 0 Å². The van der Waals surface area contributed by atoms with Gasteiger partial charge in [0.25, 0.3) is 0 Å². The van der Waals surface area contributed by atoms with Crippen LogP contribution in [0, 0.1) is 0 Å². The summed E-state index contributed by atoms with van der Waals surface area (Å²) in [6.45, 7) is 14.1. The van der Waals surface area contributed by atoms with Crippen LogP contribution in [0.15, 0.2) is 48.1 Å². The molecule has 0 atom stereocenters. The standard InChI is InChI=1S/C12H15F3.C2H6/c1-5-9(4)8-10(6-2)11(7-3)12(13,14)15;1-2/h5,7-8H,1,3,6H2,2,4H3;1-2H3/b9-8+,11-10+;. The molecular formula is C14H21F3. The summed E-state index contributed by atoms with van der Waals surface area (Å²) >= 11 is 0. The molecule has 0 aromatic carbocycles. The summed E-state index contributed by atoms with van der Waals surface area (Å²) in [4.78, 5) is 0. The van der Waals surface area contributed by atoms with Crippen molar-refractivity contribution in [3.63, 3.8) is 0 Å². The SMILES string of the molecule is C=C/C(C)=C/C(CC)=C(\C=C)C(F)(F)F.CC. The van der Waals surface area contributed by atoms with Gasteiger partial charge in [0.2, 0.25) is 0 Å². The molecule has 0 aliphatic rings. The molecule has 0 saturated heterocycles. The number of halogens is 3. The predicted molar refractivity (Wildman–Crippen MR) is 68.9 cm³/mol. The number of alkyl halides is 3. The van der Waals surface area contributed by atoms with Crippen LogP contribution in [-0.2, 0) is 0 Å². The number of hydrogen-bond donors (Lipinski definition) is 0. The van der Waals surface area contributed by atoms with E-state index in [-0.39, 0.29) is 5.57 Å². The zero-order valence-corrected chi connectivity index (χ0v) is 11.0.